The van der Waals surface area contributed by atoms with Crippen molar-refractivity contribution < 1.29 is 19.1 Å². The molecule has 1 spiro atoms. The third kappa shape index (κ3) is 3.84. The van der Waals surface area contributed by atoms with Gasteiger partial charge in [-0.1, -0.05) is 28.4 Å². The molecule has 2 unspecified atom stereocenters. The SMILES string of the molecule is COc1cc(Br)c2c3c1O[C@H]1C[C@@H]([O-])C=CC31CC[N+](C)(CCCN1CCCCC1)C2. The highest BCUT2D eigenvalue weighted by molar-refractivity contribution is 9.10. The summed E-state index contributed by atoms with van der Waals surface area (Å²) in [4.78, 5) is 2.65. The predicted molar refractivity (Wildman–Crippen MR) is 123 cm³/mol. The standard InChI is InChI=1S/C25H35BrN2O3/c1-28(13-6-12-27-10-4-3-5-11-27)14-9-25-8-7-18(29)15-22(25)31-24-21(30-2)16-20(26)19(17-28)23(24)25/h7-8,16,18,22H,3-6,9-15,17H2,1-2H3/t18-,22-,25?,28?/m0/s1. The third-order valence-corrected chi connectivity index (χ3v) is 8.81. The lowest BCUT2D eigenvalue weighted by atomic mass is 9.69. The Hall–Kier alpha value is -1.08. The van der Waals surface area contributed by atoms with Crippen LogP contribution in [-0.4, -0.2) is 68.5 Å². The van der Waals surface area contributed by atoms with Gasteiger partial charge in [-0.05, 0) is 38.4 Å². The average molecular weight is 491 g/mol. The first kappa shape index (κ1) is 21.7. The van der Waals surface area contributed by atoms with Crippen molar-refractivity contribution in [1.29, 1.82) is 0 Å². The van der Waals surface area contributed by atoms with Gasteiger partial charge in [-0.3, -0.25) is 0 Å². The molecule has 0 amide bonds. The second-order valence-corrected chi connectivity index (χ2v) is 11.1. The molecule has 0 saturated carbocycles. The molecule has 1 saturated heterocycles. The van der Waals surface area contributed by atoms with Crippen LogP contribution in [0.15, 0.2) is 22.7 Å². The highest BCUT2D eigenvalue weighted by atomic mass is 79.9. The molecular formula is C25H35BrN2O3. The number of quaternary nitrogens is 1. The Morgan fingerprint density at radius 3 is 2.90 bits per heavy atom. The maximum absolute atomic E-state index is 12.3. The molecule has 3 aliphatic heterocycles. The van der Waals surface area contributed by atoms with Gasteiger partial charge in [0.25, 0.3) is 0 Å². The second-order valence-electron chi connectivity index (χ2n) is 10.3. The number of hydrogen-bond acceptors (Lipinski definition) is 4. The largest absolute Gasteiger partial charge is 0.849 e. The van der Waals surface area contributed by atoms with Gasteiger partial charge in [-0.2, -0.15) is 0 Å². The minimum Gasteiger partial charge on any atom is -0.849 e. The Morgan fingerprint density at radius 1 is 1.32 bits per heavy atom. The molecular weight excluding hydrogens is 456 g/mol. The fourth-order valence-corrected chi connectivity index (χ4v) is 6.86. The van der Waals surface area contributed by atoms with Crippen molar-refractivity contribution in [3.63, 3.8) is 0 Å². The normalized spacial score (nSPS) is 34.6. The lowest BCUT2D eigenvalue weighted by Crippen LogP contribution is -2.49. The number of rotatable bonds is 5. The van der Waals surface area contributed by atoms with E-state index in [0.717, 1.165) is 40.0 Å². The molecule has 5 nitrogen and oxygen atoms in total. The van der Waals surface area contributed by atoms with Crippen LogP contribution in [-0.2, 0) is 12.0 Å². The lowest BCUT2D eigenvalue weighted by molar-refractivity contribution is -0.922. The van der Waals surface area contributed by atoms with Crippen molar-refractivity contribution >= 4 is 15.9 Å². The van der Waals surface area contributed by atoms with Gasteiger partial charge in [-0.15, -0.1) is 12.2 Å². The molecule has 6 heteroatoms. The van der Waals surface area contributed by atoms with Gasteiger partial charge >= 0.3 is 0 Å². The van der Waals surface area contributed by atoms with E-state index < -0.39 is 6.10 Å². The number of nitrogens with zero attached hydrogens (tertiary/aromatic N) is 2. The molecule has 31 heavy (non-hydrogen) atoms. The summed E-state index contributed by atoms with van der Waals surface area (Å²) in [6.07, 6.45) is 10.2. The van der Waals surface area contributed by atoms with Crippen LogP contribution in [0.4, 0.5) is 0 Å². The third-order valence-electron chi connectivity index (χ3n) is 8.10. The van der Waals surface area contributed by atoms with Crippen LogP contribution >= 0.6 is 15.9 Å². The van der Waals surface area contributed by atoms with Crippen molar-refractivity contribution in [2.45, 2.75) is 62.7 Å². The van der Waals surface area contributed by atoms with Crippen LogP contribution in [0, 0.1) is 0 Å². The Bertz CT molecular complexity index is 869. The van der Waals surface area contributed by atoms with Crippen molar-refractivity contribution in [2.24, 2.45) is 0 Å². The van der Waals surface area contributed by atoms with E-state index in [4.69, 9.17) is 9.47 Å². The number of ether oxygens (including phenoxy) is 2. The van der Waals surface area contributed by atoms with Gasteiger partial charge in [0, 0.05) is 35.0 Å². The zero-order valence-electron chi connectivity index (χ0n) is 18.9. The van der Waals surface area contributed by atoms with Crippen LogP contribution in [0.1, 0.15) is 49.7 Å². The zero-order chi connectivity index (χ0) is 21.6. The van der Waals surface area contributed by atoms with Gasteiger partial charge in [0.15, 0.2) is 11.5 Å². The number of likely N-dealkylation sites (tertiary alicyclic amines) is 1. The van der Waals surface area contributed by atoms with E-state index in [1.807, 2.05) is 6.08 Å². The summed E-state index contributed by atoms with van der Waals surface area (Å²) in [7, 11) is 4.11. The number of piperidine rings is 1. The molecule has 1 aromatic rings. The summed E-state index contributed by atoms with van der Waals surface area (Å²) in [6, 6.07) is 2.06. The fraction of sp³-hybridized carbons (Fsp3) is 0.680. The summed E-state index contributed by atoms with van der Waals surface area (Å²) in [5.41, 5.74) is 2.40. The first-order valence-corrected chi connectivity index (χ1v) is 12.7. The van der Waals surface area contributed by atoms with Crippen LogP contribution in [0.2, 0.25) is 0 Å². The minimum absolute atomic E-state index is 0.0863. The molecule has 0 aromatic heterocycles. The van der Waals surface area contributed by atoms with E-state index in [9.17, 15) is 5.11 Å². The molecule has 1 aromatic carbocycles. The Labute approximate surface area is 194 Å². The molecule has 4 atom stereocenters. The quantitative estimate of drug-likeness (QED) is 0.468. The summed E-state index contributed by atoms with van der Waals surface area (Å²) in [6.45, 7) is 7.01. The maximum Gasteiger partial charge on any atom is 0.166 e. The summed E-state index contributed by atoms with van der Waals surface area (Å²) in [5.74, 6) is 1.64. The smallest absolute Gasteiger partial charge is 0.166 e. The average Bonchev–Trinajstić information content (AvgIpc) is 3.02. The molecule has 1 fully saturated rings. The number of benzene rings is 1. The Kier molecular flexibility index (Phi) is 5.87. The van der Waals surface area contributed by atoms with Crippen molar-refractivity contribution in [1.82, 2.24) is 4.90 Å². The fourth-order valence-electron chi connectivity index (χ4n) is 6.32. The van der Waals surface area contributed by atoms with Crippen molar-refractivity contribution in [3.8, 4) is 11.5 Å². The van der Waals surface area contributed by atoms with E-state index in [1.54, 1.807) is 7.11 Å². The molecule has 170 valence electrons. The van der Waals surface area contributed by atoms with Crippen LogP contribution in [0.5, 0.6) is 11.5 Å². The number of methoxy groups -OCH3 is 1. The molecule has 0 radical (unpaired) electrons. The van der Waals surface area contributed by atoms with Crippen molar-refractivity contribution in [3.05, 3.63) is 33.8 Å². The van der Waals surface area contributed by atoms with E-state index in [1.165, 1.54) is 63.0 Å². The summed E-state index contributed by atoms with van der Waals surface area (Å²) < 4.78 is 14.3. The maximum atomic E-state index is 12.3. The van der Waals surface area contributed by atoms with Gasteiger partial charge in [0.05, 0.1) is 32.7 Å². The van der Waals surface area contributed by atoms with E-state index >= 15 is 0 Å². The molecule has 5 rings (SSSR count). The van der Waals surface area contributed by atoms with E-state index in [2.05, 4.69) is 40.0 Å². The lowest BCUT2D eigenvalue weighted by Gasteiger charge is -2.40. The van der Waals surface area contributed by atoms with Crippen LogP contribution < -0.4 is 14.6 Å². The highest BCUT2D eigenvalue weighted by Gasteiger charge is 2.54. The predicted octanol–water partition coefficient (Wildman–Crippen LogP) is 3.37. The van der Waals surface area contributed by atoms with Gasteiger partial charge in [0.2, 0.25) is 0 Å². The molecule has 3 heterocycles. The Balaban J connectivity index is 1.45. The second kappa shape index (κ2) is 8.36. The first-order valence-electron chi connectivity index (χ1n) is 11.9. The first-order chi connectivity index (χ1) is 14.9. The molecule has 4 aliphatic rings. The van der Waals surface area contributed by atoms with E-state index in [-0.39, 0.29) is 11.5 Å². The van der Waals surface area contributed by atoms with E-state index in [0.29, 0.717) is 6.42 Å². The van der Waals surface area contributed by atoms with Gasteiger partial charge in [0.1, 0.15) is 12.6 Å². The van der Waals surface area contributed by atoms with Crippen molar-refractivity contribution in [2.75, 3.05) is 46.9 Å². The summed E-state index contributed by atoms with van der Waals surface area (Å²) in [5, 5.41) is 12.3. The zero-order valence-corrected chi connectivity index (χ0v) is 20.5. The highest BCUT2D eigenvalue weighted by Crippen LogP contribution is 2.57. The number of halogens is 1. The monoisotopic (exact) mass is 490 g/mol. The van der Waals surface area contributed by atoms with Gasteiger partial charge < -0.3 is 24.0 Å². The van der Waals surface area contributed by atoms with Crippen LogP contribution in [0.25, 0.3) is 0 Å². The number of hydrogen-bond donors (Lipinski definition) is 0. The summed E-state index contributed by atoms with van der Waals surface area (Å²) >= 11 is 3.87. The topological polar surface area (TPSA) is 44.8 Å². The molecule has 0 bridgehead atoms. The minimum atomic E-state index is -0.684. The van der Waals surface area contributed by atoms with Gasteiger partial charge in [-0.25, -0.2) is 0 Å². The molecule has 1 aliphatic carbocycles. The Morgan fingerprint density at radius 2 is 2.13 bits per heavy atom. The van der Waals surface area contributed by atoms with Crippen LogP contribution in [0.3, 0.4) is 0 Å². The molecule has 0 N–H and O–H groups in total.